The molecule has 3 heterocycles. The Bertz CT molecular complexity index is 1230. The summed E-state index contributed by atoms with van der Waals surface area (Å²) in [6.07, 6.45) is 0.647. The van der Waals surface area contributed by atoms with Crippen LogP contribution in [0.2, 0.25) is 0 Å². The first-order valence-corrected chi connectivity index (χ1v) is 10.1. The molecular weight excluding hydrogens is 405 g/mol. The van der Waals surface area contributed by atoms with Gasteiger partial charge in [-0.1, -0.05) is 18.2 Å². The topological polar surface area (TPSA) is 57.5 Å². The zero-order valence-electron chi connectivity index (χ0n) is 16.7. The van der Waals surface area contributed by atoms with Crippen molar-refractivity contribution in [1.29, 1.82) is 0 Å². The van der Waals surface area contributed by atoms with E-state index in [-0.39, 0.29) is 12.1 Å². The molecule has 0 bridgehead atoms. The Labute approximate surface area is 176 Å². The van der Waals surface area contributed by atoms with Crippen LogP contribution < -0.4 is 15.5 Å². The number of piperazine rings is 1. The van der Waals surface area contributed by atoms with Gasteiger partial charge in [0.25, 0.3) is 6.43 Å². The van der Waals surface area contributed by atoms with Crippen molar-refractivity contribution in [2.45, 2.75) is 13.0 Å². The number of anilines is 2. The number of hydrogen-bond acceptors (Lipinski definition) is 5. The molecule has 1 aliphatic heterocycles. The van der Waals surface area contributed by atoms with Gasteiger partial charge in [0.2, 0.25) is 5.78 Å². The van der Waals surface area contributed by atoms with Crippen LogP contribution >= 0.6 is 0 Å². The average Bonchev–Trinajstić information content (AvgIpc) is 3.27. The third kappa shape index (κ3) is 3.65. The minimum Gasteiger partial charge on any atom is -0.369 e. The lowest BCUT2D eigenvalue weighted by Crippen LogP contribution is -2.43. The predicted molar refractivity (Wildman–Crippen MR) is 114 cm³/mol. The Kier molecular flexibility index (Phi) is 5.11. The number of hydrogen-bond donors (Lipinski definition) is 2. The first-order valence-electron chi connectivity index (χ1n) is 10.1. The van der Waals surface area contributed by atoms with E-state index in [1.165, 1.54) is 12.1 Å². The van der Waals surface area contributed by atoms with Gasteiger partial charge in [0.05, 0.1) is 11.1 Å². The van der Waals surface area contributed by atoms with Gasteiger partial charge in [0, 0.05) is 61.8 Å². The minimum atomic E-state index is -2.86. The fourth-order valence-electron chi connectivity index (χ4n) is 3.99. The maximum absolute atomic E-state index is 14.5. The summed E-state index contributed by atoms with van der Waals surface area (Å²) < 4.78 is 42.5. The van der Waals surface area contributed by atoms with Crippen LogP contribution in [0.1, 0.15) is 17.6 Å². The van der Waals surface area contributed by atoms with E-state index in [0.717, 1.165) is 48.8 Å². The molecule has 5 rings (SSSR count). The quantitative estimate of drug-likeness (QED) is 0.506. The molecule has 4 aromatic rings. The second-order valence-corrected chi connectivity index (χ2v) is 7.47. The molecule has 1 saturated heterocycles. The Morgan fingerprint density at radius 1 is 1.13 bits per heavy atom. The number of fused-ring (bicyclic) bond motifs is 3. The first-order chi connectivity index (χ1) is 15.1. The highest BCUT2D eigenvalue weighted by molar-refractivity contribution is 5.93. The van der Waals surface area contributed by atoms with Crippen molar-refractivity contribution in [3.8, 4) is 0 Å². The van der Waals surface area contributed by atoms with E-state index in [9.17, 15) is 13.2 Å². The van der Waals surface area contributed by atoms with Crippen molar-refractivity contribution in [2.75, 3.05) is 36.4 Å². The fraction of sp³-hybridized carbons (Fsp3) is 0.273. The molecule has 160 valence electrons. The minimum absolute atomic E-state index is 0.0310. The second-order valence-electron chi connectivity index (χ2n) is 7.47. The van der Waals surface area contributed by atoms with Gasteiger partial charge in [0.1, 0.15) is 11.6 Å². The maximum atomic E-state index is 14.5. The van der Waals surface area contributed by atoms with Gasteiger partial charge in [0.15, 0.2) is 0 Å². The molecule has 2 N–H and O–H groups in total. The molecule has 9 heteroatoms. The van der Waals surface area contributed by atoms with Gasteiger partial charge < -0.3 is 15.5 Å². The molecule has 1 fully saturated rings. The van der Waals surface area contributed by atoms with Crippen LogP contribution in [-0.2, 0) is 6.54 Å². The van der Waals surface area contributed by atoms with Gasteiger partial charge in [-0.05, 0) is 18.2 Å². The highest BCUT2D eigenvalue weighted by Gasteiger charge is 2.18. The van der Waals surface area contributed by atoms with E-state index in [0.29, 0.717) is 11.6 Å². The third-order valence-corrected chi connectivity index (χ3v) is 5.60. The van der Waals surface area contributed by atoms with Gasteiger partial charge in [-0.3, -0.25) is 4.40 Å². The second kappa shape index (κ2) is 8.07. The molecular formula is C22H21F3N6. The van der Waals surface area contributed by atoms with E-state index in [1.54, 1.807) is 6.20 Å². The summed E-state index contributed by atoms with van der Waals surface area (Å²) in [6.45, 7) is 3.67. The number of nitrogens with one attached hydrogen (secondary N) is 2. The highest BCUT2D eigenvalue weighted by atomic mass is 19.3. The molecule has 6 nitrogen and oxygen atoms in total. The third-order valence-electron chi connectivity index (χ3n) is 5.60. The first kappa shape index (κ1) is 19.6. The monoisotopic (exact) mass is 426 g/mol. The summed E-state index contributed by atoms with van der Waals surface area (Å²) in [7, 11) is 0. The fourth-order valence-corrected chi connectivity index (χ4v) is 3.99. The number of aromatic nitrogens is 3. The largest absolute Gasteiger partial charge is 0.369 e. The van der Waals surface area contributed by atoms with Gasteiger partial charge in [-0.2, -0.15) is 4.98 Å². The Hall–Kier alpha value is -3.33. The van der Waals surface area contributed by atoms with Crippen molar-refractivity contribution < 1.29 is 13.2 Å². The van der Waals surface area contributed by atoms with Crippen LogP contribution in [0.25, 0.3) is 16.7 Å². The zero-order valence-corrected chi connectivity index (χ0v) is 16.7. The van der Waals surface area contributed by atoms with Gasteiger partial charge in [-0.25, -0.2) is 18.2 Å². The highest BCUT2D eigenvalue weighted by Crippen LogP contribution is 2.29. The zero-order chi connectivity index (χ0) is 21.4. The van der Waals surface area contributed by atoms with Crippen LogP contribution in [0.5, 0.6) is 0 Å². The van der Waals surface area contributed by atoms with E-state index in [2.05, 4.69) is 37.6 Å². The lowest BCUT2D eigenvalue weighted by molar-refractivity contribution is 0.146. The lowest BCUT2D eigenvalue weighted by Gasteiger charge is -2.29. The number of imidazole rings is 1. The number of benzene rings is 2. The summed E-state index contributed by atoms with van der Waals surface area (Å²) in [5.41, 5.74) is 1.55. The summed E-state index contributed by atoms with van der Waals surface area (Å²) in [4.78, 5) is 11.2. The van der Waals surface area contributed by atoms with Crippen molar-refractivity contribution >= 4 is 28.2 Å². The molecule has 0 unspecified atom stereocenters. The molecule has 0 atom stereocenters. The molecule has 0 amide bonds. The van der Waals surface area contributed by atoms with E-state index in [1.807, 2.05) is 16.7 Å². The molecule has 1 aliphatic rings. The number of halogens is 3. The van der Waals surface area contributed by atoms with E-state index < -0.39 is 17.8 Å². The molecule has 2 aromatic carbocycles. The smallest absolute Gasteiger partial charge is 0.266 e. The van der Waals surface area contributed by atoms with E-state index >= 15 is 0 Å². The number of rotatable bonds is 5. The summed E-state index contributed by atoms with van der Waals surface area (Å²) in [6, 6.07) is 10.2. The number of nitrogens with zero attached hydrogens (tertiary/aromatic N) is 4. The van der Waals surface area contributed by atoms with Gasteiger partial charge >= 0.3 is 0 Å². The molecule has 2 aromatic heterocycles. The lowest BCUT2D eigenvalue weighted by atomic mass is 10.1. The van der Waals surface area contributed by atoms with Crippen LogP contribution in [0.15, 0.2) is 48.8 Å². The molecule has 0 saturated carbocycles. The van der Waals surface area contributed by atoms with Crippen molar-refractivity contribution in [3.05, 3.63) is 65.7 Å². The summed E-state index contributed by atoms with van der Waals surface area (Å²) >= 11 is 0. The van der Waals surface area contributed by atoms with Crippen molar-refractivity contribution in [1.82, 2.24) is 19.7 Å². The molecule has 0 radical (unpaired) electrons. The molecule has 0 aliphatic carbocycles. The Balaban J connectivity index is 1.54. The maximum Gasteiger partial charge on any atom is 0.266 e. The molecule has 31 heavy (non-hydrogen) atoms. The summed E-state index contributed by atoms with van der Waals surface area (Å²) in [5, 5.41) is 7.34. The van der Waals surface area contributed by atoms with Crippen LogP contribution in [0.3, 0.4) is 0 Å². The SMILES string of the molecule is Fc1c(CNc2nc3nccn3c3ccc(N4CCNCC4)cc23)cccc1C(F)F. The predicted octanol–water partition coefficient (Wildman–Crippen LogP) is 3.98. The van der Waals surface area contributed by atoms with Gasteiger partial charge in [-0.15, -0.1) is 0 Å². The Morgan fingerprint density at radius 3 is 2.77 bits per heavy atom. The standard InChI is InChI=1S/C22H21F3N6/c23-19-14(2-1-3-16(19)20(24)25)13-28-21-17-12-15(30-9-6-26-7-10-30)4-5-18(17)31-11-8-27-22(31)29-21/h1-5,8,11-12,20,26H,6-7,9-10,13H2,(H,27,28,29). The van der Waals surface area contributed by atoms with Crippen molar-refractivity contribution in [3.63, 3.8) is 0 Å². The van der Waals surface area contributed by atoms with E-state index in [4.69, 9.17) is 0 Å². The normalized spacial score (nSPS) is 14.6. The van der Waals surface area contributed by atoms with Crippen LogP contribution in [-0.4, -0.2) is 40.5 Å². The number of alkyl halides is 2. The van der Waals surface area contributed by atoms with Crippen molar-refractivity contribution in [2.24, 2.45) is 0 Å². The van der Waals surface area contributed by atoms with Crippen LogP contribution in [0, 0.1) is 5.82 Å². The van der Waals surface area contributed by atoms with Crippen LogP contribution in [0.4, 0.5) is 24.7 Å². The Morgan fingerprint density at radius 2 is 1.97 bits per heavy atom. The summed E-state index contributed by atoms with van der Waals surface area (Å²) in [5.74, 6) is 0.150. The molecule has 0 spiro atoms. The average molecular weight is 426 g/mol.